The lowest BCUT2D eigenvalue weighted by Crippen LogP contribution is -2.38. The number of thiophene rings is 1. The fourth-order valence-corrected chi connectivity index (χ4v) is 4.27. The normalized spacial score (nSPS) is 19.3. The van der Waals surface area contributed by atoms with Gasteiger partial charge in [0.1, 0.15) is 0 Å². The lowest BCUT2D eigenvalue weighted by Gasteiger charge is -2.27. The molecule has 1 N–H and O–H groups in total. The third kappa shape index (κ3) is 5.09. The Balaban J connectivity index is 1.97. The lowest BCUT2D eigenvalue weighted by molar-refractivity contribution is 0.318. The molecule has 1 fully saturated rings. The van der Waals surface area contributed by atoms with Gasteiger partial charge in [0, 0.05) is 10.9 Å². The van der Waals surface area contributed by atoms with Crippen LogP contribution in [0.2, 0.25) is 4.34 Å². The number of nitrogens with one attached hydrogen (secondary N) is 1. The summed E-state index contributed by atoms with van der Waals surface area (Å²) in [5, 5.41) is 3.79. The quantitative estimate of drug-likeness (QED) is 0.704. The van der Waals surface area contributed by atoms with E-state index in [9.17, 15) is 0 Å². The molecule has 1 aliphatic rings. The largest absolute Gasteiger partial charge is 0.313 e. The minimum atomic E-state index is 0.646. The molecular weight excluding hydrogens is 274 g/mol. The van der Waals surface area contributed by atoms with Gasteiger partial charge in [-0.1, -0.05) is 44.2 Å². The fraction of sp³-hybridized carbons (Fsp3) is 0.750. The van der Waals surface area contributed by atoms with Crippen LogP contribution in [0, 0.1) is 5.92 Å². The molecule has 1 atom stereocenters. The summed E-state index contributed by atoms with van der Waals surface area (Å²) in [5.74, 6) is 0.856. The molecule has 1 unspecified atom stereocenters. The van der Waals surface area contributed by atoms with Crippen LogP contribution in [0.5, 0.6) is 0 Å². The van der Waals surface area contributed by atoms with Crippen molar-refractivity contribution in [2.24, 2.45) is 5.92 Å². The van der Waals surface area contributed by atoms with E-state index in [2.05, 4.69) is 18.3 Å². The summed E-state index contributed by atoms with van der Waals surface area (Å²) in [5.41, 5.74) is 0. The first kappa shape index (κ1) is 15.3. The van der Waals surface area contributed by atoms with Gasteiger partial charge >= 0.3 is 0 Å². The van der Waals surface area contributed by atoms with Crippen molar-refractivity contribution < 1.29 is 0 Å². The van der Waals surface area contributed by atoms with Crippen LogP contribution < -0.4 is 5.32 Å². The van der Waals surface area contributed by atoms with Crippen molar-refractivity contribution in [2.45, 2.75) is 64.3 Å². The molecule has 0 radical (unpaired) electrons. The van der Waals surface area contributed by atoms with Crippen molar-refractivity contribution in [3.63, 3.8) is 0 Å². The fourth-order valence-electron chi connectivity index (χ4n) is 3.13. The van der Waals surface area contributed by atoms with E-state index in [0.717, 1.165) is 23.2 Å². The minimum Gasteiger partial charge on any atom is -0.313 e. The first-order valence-electron chi connectivity index (χ1n) is 7.77. The number of rotatable bonds is 6. The molecule has 1 heterocycles. The summed E-state index contributed by atoms with van der Waals surface area (Å²) in [7, 11) is 0. The third-order valence-corrected chi connectivity index (χ3v) is 5.43. The second-order valence-corrected chi connectivity index (χ2v) is 7.52. The number of hydrogen-bond donors (Lipinski definition) is 1. The van der Waals surface area contributed by atoms with Crippen molar-refractivity contribution in [1.29, 1.82) is 0 Å². The summed E-state index contributed by atoms with van der Waals surface area (Å²) in [4.78, 5) is 1.43. The van der Waals surface area contributed by atoms with Gasteiger partial charge in [0.2, 0.25) is 0 Å². The summed E-state index contributed by atoms with van der Waals surface area (Å²) < 4.78 is 0.921. The Morgan fingerprint density at radius 1 is 1.26 bits per heavy atom. The van der Waals surface area contributed by atoms with Gasteiger partial charge in [0.15, 0.2) is 0 Å². The van der Waals surface area contributed by atoms with Crippen molar-refractivity contribution in [3.05, 3.63) is 21.3 Å². The van der Waals surface area contributed by atoms with Gasteiger partial charge in [-0.25, -0.2) is 0 Å². The Kier molecular flexibility index (Phi) is 6.69. The molecule has 0 saturated heterocycles. The summed E-state index contributed by atoms with van der Waals surface area (Å²) in [6.07, 6.45) is 10.9. The molecule has 1 nitrogen and oxygen atoms in total. The molecule has 108 valence electrons. The first-order valence-corrected chi connectivity index (χ1v) is 8.96. The van der Waals surface area contributed by atoms with Crippen LogP contribution in [0.15, 0.2) is 12.1 Å². The third-order valence-electron chi connectivity index (χ3n) is 4.18. The minimum absolute atomic E-state index is 0.646. The van der Waals surface area contributed by atoms with Crippen molar-refractivity contribution in [2.75, 3.05) is 6.54 Å². The van der Waals surface area contributed by atoms with E-state index in [1.807, 2.05) is 6.07 Å². The zero-order chi connectivity index (χ0) is 13.5. The SMILES string of the molecule is CCCNC(Cc1ccc(Cl)s1)C1CCCCCC1. The van der Waals surface area contributed by atoms with E-state index in [-0.39, 0.29) is 0 Å². The smallest absolute Gasteiger partial charge is 0.0931 e. The lowest BCUT2D eigenvalue weighted by atomic mass is 9.89. The van der Waals surface area contributed by atoms with E-state index in [1.54, 1.807) is 11.3 Å². The predicted octanol–water partition coefficient (Wildman–Crippen LogP) is 5.28. The molecule has 0 bridgehead atoms. The van der Waals surface area contributed by atoms with Crippen molar-refractivity contribution in [3.8, 4) is 0 Å². The van der Waals surface area contributed by atoms with E-state index in [0.29, 0.717) is 6.04 Å². The molecule has 1 aromatic heterocycles. The highest BCUT2D eigenvalue weighted by atomic mass is 35.5. The Bertz CT molecular complexity index is 355. The van der Waals surface area contributed by atoms with Gasteiger partial charge in [-0.3, -0.25) is 0 Å². The highest BCUT2D eigenvalue weighted by Gasteiger charge is 2.22. The van der Waals surface area contributed by atoms with E-state index in [1.165, 1.54) is 49.8 Å². The molecule has 2 rings (SSSR count). The molecule has 19 heavy (non-hydrogen) atoms. The second-order valence-electron chi connectivity index (χ2n) is 5.72. The average molecular weight is 300 g/mol. The Morgan fingerprint density at radius 3 is 2.58 bits per heavy atom. The summed E-state index contributed by atoms with van der Waals surface area (Å²) in [6.45, 7) is 3.39. The summed E-state index contributed by atoms with van der Waals surface area (Å²) in [6, 6.07) is 4.88. The monoisotopic (exact) mass is 299 g/mol. The first-order chi connectivity index (χ1) is 9.29. The van der Waals surface area contributed by atoms with Gasteiger partial charge in [-0.2, -0.15) is 0 Å². The van der Waals surface area contributed by atoms with Crippen LogP contribution in [-0.2, 0) is 6.42 Å². The summed E-state index contributed by atoms with van der Waals surface area (Å²) >= 11 is 7.80. The van der Waals surface area contributed by atoms with Crippen molar-refractivity contribution >= 4 is 22.9 Å². The zero-order valence-corrected chi connectivity index (χ0v) is 13.5. The van der Waals surface area contributed by atoms with Crippen LogP contribution in [0.3, 0.4) is 0 Å². The number of hydrogen-bond acceptors (Lipinski definition) is 2. The van der Waals surface area contributed by atoms with Crippen molar-refractivity contribution in [1.82, 2.24) is 5.32 Å². The Morgan fingerprint density at radius 2 is 2.00 bits per heavy atom. The Labute approximate surface area is 126 Å². The molecular formula is C16H26ClNS. The number of halogens is 1. The van der Waals surface area contributed by atoms with Crippen LogP contribution in [0.1, 0.15) is 56.7 Å². The highest BCUT2D eigenvalue weighted by molar-refractivity contribution is 7.16. The van der Waals surface area contributed by atoms with Crippen LogP contribution >= 0.6 is 22.9 Å². The molecule has 0 aliphatic heterocycles. The van der Waals surface area contributed by atoms with Gasteiger partial charge in [-0.05, 0) is 50.3 Å². The maximum atomic E-state index is 6.06. The molecule has 1 aromatic rings. The van der Waals surface area contributed by atoms with Crippen LogP contribution in [0.25, 0.3) is 0 Å². The van der Waals surface area contributed by atoms with Crippen LogP contribution in [-0.4, -0.2) is 12.6 Å². The molecule has 0 aromatic carbocycles. The molecule has 1 saturated carbocycles. The van der Waals surface area contributed by atoms with Gasteiger partial charge in [-0.15, -0.1) is 11.3 Å². The standard InChI is InChI=1S/C16H26ClNS/c1-2-11-18-15(12-14-9-10-16(17)19-14)13-7-5-3-4-6-8-13/h9-10,13,15,18H,2-8,11-12H2,1H3. The maximum absolute atomic E-state index is 6.06. The molecule has 1 aliphatic carbocycles. The maximum Gasteiger partial charge on any atom is 0.0931 e. The van der Waals surface area contributed by atoms with Gasteiger partial charge < -0.3 is 5.32 Å². The van der Waals surface area contributed by atoms with Crippen LogP contribution in [0.4, 0.5) is 0 Å². The Hall–Kier alpha value is -0.0500. The molecule has 3 heteroatoms. The van der Waals surface area contributed by atoms with Gasteiger partial charge in [0.25, 0.3) is 0 Å². The van der Waals surface area contributed by atoms with Gasteiger partial charge in [0.05, 0.1) is 4.34 Å². The topological polar surface area (TPSA) is 12.0 Å². The average Bonchev–Trinajstić information content (AvgIpc) is 2.67. The predicted molar refractivity (Wildman–Crippen MR) is 86.3 cm³/mol. The highest BCUT2D eigenvalue weighted by Crippen LogP contribution is 2.29. The molecule has 0 amide bonds. The van der Waals surface area contributed by atoms with E-state index in [4.69, 9.17) is 11.6 Å². The molecule has 0 spiro atoms. The second kappa shape index (κ2) is 8.28. The van der Waals surface area contributed by atoms with E-state index < -0.39 is 0 Å². The van der Waals surface area contributed by atoms with E-state index >= 15 is 0 Å². The zero-order valence-electron chi connectivity index (χ0n) is 12.0.